The monoisotopic (exact) mass is 193 g/mol. The van der Waals surface area contributed by atoms with Gasteiger partial charge < -0.3 is 9.84 Å². The van der Waals surface area contributed by atoms with Crippen LogP contribution in [0.3, 0.4) is 0 Å². The molecule has 0 aromatic carbocycles. The zero-order valence-corrected chi connectivity index (χ0v) is 8.36. The smallest absolute Gasteiger partial charge is 0.114 e. The largest absolute Gasteiger partial charge is 0.497 e. The quantitative estimate of drug-likeness (QED) is 0.740. The molecule has 0 aliphatic heterocycles. The van der Waals surface area contributed by atoms with Crippen LogP contribution in [0.15, 0.2) is 24.0 Å². The van der Waals surface area contributed by atoms with Gasteiger partial charge in [0.05, 0.1) is 18.6 Å². The van der Waals surface area contributed by atoms with E-state index in [0.717, 1.165) is 5.76 Å². The first-order valence-electron chi connectivity index (χ1n) is 4.72. The van der Waals surface area contributed by atoms with Gasteiger partial charge in [-0.1, -0.05) is 6.08 Å². The maximum Gasteiger partial charge on any atom is 0.114 e. The molecule has 3 nitrogen and oxygen atoms in total. The second kappa shape index (κ2) is 4.83. The van der Waals surface area contributed by atoms with Crippen molar-refractivity contribution < 1.29 is 9.84 Å². The molecule has 0 bridgehead atoms. The Labute approximate surface area is 84.3 Å². The van der Waals surface area contributed by atoms with Gasteiger partial charge in [0.15, 0.2) is 0 Å². The van der Waals surface area contributed by atoms with Gasteiger partial charge in [-0.2, -0.15) is 5.26 Å². The van der Waals surface area contributed by atoms with Crippen molar-refractivity contribution in [2.75, 3.05) is 13.7 Å². The molecule has 14 heavy (non-hydrogen) atoms. The standard InChI is InChI=1S/C11H15NO2/c1-14-10-3-6-11(9-12,7-4-10)5-2-8-13/h3-4,6,13H,2,5,7-8H2,1H3/t11-/m0/s1. The van der Waals surface area contributed by atoms with Gasteiger partial charge in [0.25, 0.3) is 0 Å². The van der Waals surface area contributed by atoms with Crippen molar-refractivity contribution in [1.29, 1.82) is 5.26 Å². The number of nitriles is 1. The molecule has 0 fully saturated rings. The zero-order chi connectivity index (χ0) is 10.4. The molecule has 0 heterocycles. The number of rotatable bonds is 4. The van der Waals surface area contributed by atoms with Crippen molar-refractivity contribution in [3.8, 4) is 6.07 Å². The fourth-order valence-corrected chi connectivity index (χ4v) is 1.53. The summed E-state index contributed by atoms with van der Waals surface area (Å²) >= 11 is 0. The van der Waals surface area contributed by atoms with Crippen LogP contribution in [0.4, 0.5) is 0 Å². The first kappa shape index (κ1) is 10.8. The summed E-state index contributed by atoms with van der Waals surface area (Å²) in [6.07, 6.45) is 7.65. The highest BCUT2D eigenvalue weighted by Crippen LogP contribution is 2.33. The van der Waals surface area contributed by atoms with Gasteiger partial charge in [-0.15, -0.1) is 0 Å². The normalized spacial score (nSPS) is 25.4. The Morgan fingerprint density at radius 3 is 2.93 bits per heavy atom. The van der Waals surface area contributed by atoms with E-state index >= 15 is 0 Å². The Morgan fingerprint density at radius 2 is 2.50 bits per heavy atom. The van der Waals surface area contributed by atoms with Crippen LogP contribution in [0, 0.1) is 16.7 Å². The number of hydrogen-bond acceptors (Lipinski definition) is 3. The lowest BCUT2D eigenvalue weighted by molar-refractivity contribution is 0.262. The number of aliphatic hydroxyl groups is 1. The van der Waals surface area contributed by atoms with E-state index in [1.807, 2.05) is 18.2 Å². The third kappa shape index (κ3) is 2.36. The van der Waals surface area contributed by atoms with Crippen LogP contribution in [0.5, 0.6) is 0 Å². The Morgan fingerprint density at radius 1 is 1.71 bits per heavy atom. The van der Waals surface area contributed by atoms with Gasteiger partial charge in [0.2, 0.25) is 0 Å². The number of nitrogens with zero attached hydrogens (tertiary/aromatic N) is 1. The third-order valence-electron chi connectivity index (χ3n) is 2.47. The van der Waals surface area contributed by atoms with Crippen LogP contribution in [-0.4, -0.2) is 18.8 Å². The van der Waals surface area contributed by atoms with Gasteiger partial charge in [-0.25, -0.2) is 0 Å². The third-order valence-corrected chi connectivity index (χ3v) is 2.47. The molecule has 1 aliphatic rings. The number of aliphatic hydroxyl groups excluding tert-OH is 1. The summed E-state index contributed by atoms with van der Waals surface area (Å²) in [6, 6.07) is 2.30. The maximum absolute atomic E-state index is 9.07. The Balaban J connectivity index is 2.64. The lowest BCUT2D eigenvalue weighted by atomic mass is 9.79. The second-order valence-electron chi connectivity index (χ2n) is 3.44. The predicted molar refractivity (Wildman–Crippen MR) is 53.2 cm³/mol. The molecule has 1 aliphatic carbocycles. The van der Waals surface area contributed by atoms with E-state index in [2.05, 4.69) is 6.07 Å². The van der Waals surface area contributed by atoms with Gasteiger partial charge >= 0.3 is 0 Å². The molecule has 1 atom stereocenters. The van der Waals surface area contributed by atoms with Crippen molar-refractivity contribution in [3.63, 3.8) is 0 Å². The number of allylic oxidation sites excluding steroid dienone is 3. The summed E-state index contributed by atoms with van der Waals surface area (Å²) in [5.41, 5.74) is -0.440. The van der Waals surface area contributed by atoms with Crippen LogP contribution >= 0.6 is 0 Å². The SMILES string of the molecule is COC1=CC[C@](C#N)(CCCO)C=C1. The fourth-order valence-electron chi connectivity index (χ4n) is 1.53. The molecular weight excluding hydrogens is 178 g/mol. The van der Waals surface area contributed by atoms with Crippen LogP contribution in [0.2, 0.25) is 0 Å². The van der Waals surface area contributed by atoms with Crippen LogP contribution in [0.1, 0.15) is 19.3 Å². The minimum atomic E-state index is -0.440. The first-order valence-corrected chi connectivity index (χ1v) is 4.72. The molecule has 0 aromatic heterocycles. The lowest BCUT2D eigenvalue weighted by Crippen LogP contribution is -2.17. The minimum Gasteiger partial charge on any atom is -0.497 e. The molecule has 0 unspecified atom stereocenters. The minimum absolute atomic E-state index is 0.137. The van der Waals surface area contributed by atoms with Crippen molar-refractivity contribution >= 4 is 0 Å². The highest BCUT2D eigenvalue weighted by molar-refractivity contribution is 5.27. The summed E-state index contributed by atoms with van der Waals surface area (Å²) in [7, 11) is 1.61. The predicted octanol–water partition coefficient (Wildman–Crippen LogP) is 1.76. The van der Waals surface area contributed by atoms with Gasteiger partial charge in [0.1, 0.15) is 5.76 Å². The van der Waals surface area contributed by atoms with Gasteiger partial charge in [0, 0.05) is 6.61 Å². The molecule has 76 valence electrons. The molecule has 0 amide bonds. The second-order valence-corrected chi connectivity index (χ2v) is 3.44. The molecule has 3 heteroatoms. The molecular formula is C11H15NO2. The van der Waals surface area contributed by atoms with Crippen molar-refractivity contribution in [1.82, 2.24) is 0 Å². The highest BCUT2D eigenvalue weighted by atomic mass is 16.5. The van der Waals surface area contributed by atoms with Crippen LogP contribution < -0.4 is 0 Å². The summed E-state index contributed by atoms with van der Waals surface area (Å²) in [4.78, 5) is 0. The number of methoxy groups -OCH3 is 1. The summed E-state index contributed by atoms with van der Waals surface area (Å²) < 4.78 is 5.05. The number of ether oxygens (including phenoxy) is 1. The first-order chi connectivity index (χ1) is 6.76. The summed E-state index contributed by atoms with van der Waals surface area (Å²) in [6.45, 7) is 0.137. The van der Waals surface area contributed by atoms with E-state index in [1.54, 1.807) is 7.11 Å². The van der Waals surface area contributed by atoms with E-state index in [1.165, 1.54) is 0 Å². The molecule has 0 saturated heterocycles. The van der Waals surface area contributed by atoms with E-state index in [0.29, 0.717) is 19.3 Å². The molecule has 0 saturated carbocycles. The maximum atomic E-state index is 9.07. The molecule has 0 spiro atoms. The summed E-state index contributed by atoms with van der Waals surface area (Å²) in [5, 5.41) is 17.8. The fraction of sp³-hybridized carbons (Fsp3) is 0.545. The lowest BCUT2D eigenvalue weighted by Gasteiger charge is -2.24. The van der Waals surface area contributed by atoms with Crippen molar-refractivity contribution in [2.24, 2.45) is 5.41 Å². The highest BCUT2D eigenvalue weighted by Gasteiger charge is 2.27. The van der Waals surface area contributed by atoms with E-state index in [-0.39, 0.29) is 6.61 Å². The van der Waals surface area contributed by atoms with Gasteiger partial charge in [-0.05, 0) is 31.4 Å². The Bertz CT molecular complexity index is 288. The molecule has 1 N–H and O–H groups in total. The summed E-state index contributed by atoms with van der Waals surface area (Å²) in [5.74, 6) is 0.805. The number of hydrogen-bond donors (Lipinski definition) is 1. The topological polar surface area (TPSA) is 53.2 Å². The zero-order valence-electron chi connectivity index (χ0n) is 8.36. The van der Waals surface area contributed by atoms with Crippen molar-refractivity contribution in [3.05, 3.63) is 24.0 Å². The van der Waals surface area contributed by atoms with Crippen LogP contribution in [-0.2, 0) is 4.74 Å². The van der Waals surface area contributed by atoms with Crippen LogP contribution in [0.25, 0.3) is 0 Å². The average Bonchev–Trinajstić information content (AvgIpc) is 2.27. The molecule has 0 radical (unpaired) electrons. The van der Waals surface area contributed by atoms with Gasteiger partial charge in [-0.3, -0.25) is 0 Å². The van der Waals surface area contributed by atoms with E-state index < -0.39 is 5.41 Å². The Kier molecular flexibility index (Phi) is 3.73. The van der Waals surface area contributed by atoms with E-state index in [4.69, 9.17) is 15.1 Å². The molecule has 0 aromatic rings. The van der Waals surface area contributed by atoms with Crippen molar-refractivity contribution in [2.45, 2.75) is 19.3 Å². The average molecular weight is 193 g/mol. The van der Waals surface area contributed by atoms with E-state index in [9.17, 15) is 0 Å². The molecule has 1 rings (SSSR count). The Hall–Kier alpha value is -1.27.